The minimum Gasteiger partial charge on any atom is -0.496 e. The van der Waals surface area contributed by atoms with E-state index in [1.54, 1.807) is 7.11 Å². The molecule has 0 radical (unpaired) electrons. The maximum Gasteiger partial charge on any atom is 0.138 e. The molecule has 0 spiro atoms. The Morgan fingerprint density at radius 3 is 2.55 bits per heavy atom. The number of hydrogen-bond acceptors (Lipinski definition) is 3. The van der Waals surface area contributed by atoms with Gasteiger partial charge in [-0.05, 0) is 55.6 Å². The maximum atomic E-state index is 5.88. The zero-order chi connectivity index (χ0) is 14.5. The zero-order valence-electron chi connectivity index (χ0n) is 11.0. The van der Waals surface area contributed by atoms with E-state index in [2.05, 4.69) is 31.9 Å². The number of hydrogen-bond donors (Lipinski definition) is 1. The van der Waals surface area contributed by atoms with Crippen LogP contribution in [0, 0.1) is 0 Å². The molecule has 2 N–H and O–H groups in total. The molecule has 0 saturated heterocycles. The summed E-state index contributed by atoms with van der Waals surface area (Å²) in [6.45, 7) is 0.916. The topological polar surface area (TPSA) is 44.5 Å². The number of methoxy groups -OCH3 is 1. The monoisotopic (exact) mass is 399 g/mol. The fourth-order valence-electron chi connectivity index (χ4n) is 1.83. The van der Waals surface area contributed by atoms with Crippen molar-refractivity contribution in [2.24, 2.45) is 5.73 Å². The summed E-state index contributed by atoms with van der Waals surface area (Å²) in [7, 11) is 1.64. The Bertz CT molecular complexity index is 602. The summed E-state index contributed by atoms with van der Waals surface area (Å²) in [4.78, 5) is 0. The minimum absolute atomic E-state index is 0.446. The van der Waals surface area contributed by atoms with Crippen LogP contribution in [-0.4, -0.2) is 7.11 Å². The number of para-hydroxylation sites is 1. The molecule has 0 amide bonds. The molecule has 0 unspecified atom stereocenters. The molecule has 0 saturated carbocycles. The lowest BCUT2D eigenvalue weighted by atomic mass is 10.2. The standard InChI is InChI=1S/C15H15Br2NO2/c1-19-14-6-5-10(7-13(14)17)9-20-15-11(8-18)3-2-4-12(15)16/h2-7H,8-9,18H2,1H3. The summed E-state index contributed by atoms with van der Waals surface area (Å²) < 4.78 is 12.9. The maximum absolute atomic E-state index is 5.88. The van der Waals surface area contributed by atoms with Gasteiger partial charge < -0.3 is 15.2 Å². The predicted octanol–water partition coefficient (Wildman–Crippen LogP) is 4.26. The van der Waals surface area contributed by atoms with Crippen molar-refractivity contribution >= 4 is 31.9 Å². The van der Waals surface area contributed by atoms with Crippen molar-refractivity contribution < 1.29 is 9.47 Å². The van der Waals surface area contributed by atoms with E-state index in [1.807, 2.05) is 36.4 Å². The van der Waals surface area contributed by atoms with Gasteiger partial charge in [-0.1, -0.05) is 18.2 Å². The fourth-order valence-corrected chi connectivity index (χ4v) is 2.94. The molecule has 0 aliphatic carbocycles. The number of benzene rings is 2. The van der Waals surface area contributed by atoms with Crippen molar-refractivity contribution in [2.75, 3.05) is 7.11 Å². The second-order valence-electron chi connectivity index (χ2n) is 4.19. The molecule has 2 rings (SSSR count). The zero-order valence-corrected chi connectivity index (χ0v) is 14.2. The van der Waals surface area contributed by atoms with Gasteiger partial charge in [0.05, 0.1) is 16.1 Å². The minimum atomic E-state index is 0.446. The first-order chi connectivity index (χ1) is 9.65. The molecule has 2 aromatic carbocycles. The number of nitrogens with two attached hydrogens (primary N) is 1. The Morgan fingerprint density at radius 2 is 1.90 bits per heavy atom. The van der Waals surface area contributed by atoms with Gasteiger partial charge in [-0.25, -0.2) is 0 Å². The molecule has 5 heteroatoms. The van der Waals surface area contributed by atoms with Gasteiger partial charge in [0.2, 0.25) is 0 Å². The van der Waals surface area contributed by atoms with Crippen LogP contribution in [0.4, 0.5) is 0 Å². The highest BCUT2D eigenvalue weighted by molar-refractivity contribution is 9.10. The van der Waals surface area contributed by atoms with E-state index < -0.39 is 0 Å². The number of halogens is 2. The predicted molar refractivity (Wildman–Crippen MR) is 87.1 cm³/mol. The third-order valence-corrected chi connectivity index (χ3v) is 4.11. The van der Waals surface area contributed by atoms with E-state index >= 15 is 0 Å². The third-order valence-electron chi connectivity index (χ3n) is 2.87. The summed E-state index contributed by atoms with van der Waals surface area (Å²) in [6.07, 6.45) is 0. The molecule has 20 heavy (non-hydrogen) atoms. The molecular weight excluding hydrogens is 386 g/mol. The van der Waals surface area contributed by atoms with Crippen LogP contribution < -0.4 is 15.2 Å². The van der Waals surface area contributed by atoms with Crippen LogP contribution in [0.3, 0.4) is 0 Å². The van der Waals surface area contributed by atoms with Crippen LogP contribution in [0.1, 0.15) is 11.1 Å². The average molecular weight is 401 g/mol. The highest BCUT2D eigenvalue weighted by Crippen LogP contribution is 2.30. The molecule has 0 aromatic heterocycles. The Kier molecular flexibility index (Phi) is 5.46. The summed E-state index contributed by atoms with van der Waals surface area (Å²) in [5.74, 6) is 1.60. The number of ether oxygens (including phenoxy) is 2. The van der Waals surface area contributed by atoms with Gasteiger partial charge >= 0.3 is 0 Å². The SMILES string of the molecule is COc1ccc(COc2c(Br)cccc2CN)cc1Br. The first-order valence-corrected chi connectivity index (χ1v) is 7.67. The molecular formula is C15H15Br2NO2. The van der Waals surface area contributed by atoms with Crippen LogP contribution in [0.15, 0.2) is 45.3 Å². The van der Waals surface area contributed by atoms with Crippen molar-refractivity contribution in [2.45, 2.75) is 13.2 Å². The summed E-state index contributed by atoms with van der Waals surface area (Å²) in [5.41, 5.74) is 7.76. The Balaban J connectivity index is 2.15. The smallest absolute Gasteiger partial charge is 0.138 e. The van der Waals surface area contributed by atoms with E-state index in [0.717, 1.165) is 31.6 Å². The molecule has 0 bridgehead atoms. The lowest BCUT2D eigenvalue weighted by Crippen LogP contribution is -2.03. The number of rotatable bonds is 5. The molecule has 0 atom stereocenters. The second-order valence-corrected chi connectivity index (χ2v) is 5.90. The largest absolute Gasteiger partial charge is 0.496 e. The van der Waals surface area contributed by atoms with Gasteiger partial charge in [-0.3, -0.25) is 0 Å². The lowest BCUT2D eigenvalue weighted by molar-refractivity contribution is 0.300. The summed E-state index contributed by atoms with van der Waals surface area (Å²) >= 11 is 6.96. The van der Waals surface area contributed by atoms with Crippen LogP contribution in [-0.2, 0) is 13.2 Å². The van der Waals surface area contributed by atoms with Crippen LogP contribution >= 0.6 is 31.9 Å². The van der Waals surface area contributed by atoms with Crippen molar-refractivity contribution in [3.63, 3.8) is 0 Å². The van der Waals surface area contributed by atoms with Crippen molar-refractivity contribution in [3.05, 3.63) is 56.5 Å². The van der Waals surface area contributed by atoms with E-state index in [-0.39, 0.29) is 0 Å². The van der Waals surface area contributed by atoms with Crippen molar-refractivity contribution in [1.82, 2.24) is 0 Å². The molecule has 0 heterocycles. The molecule has 0 fully saturated rings. The van der Waals surface area contributed by atoms with Gasteiger partial charge in [-0.2, -0.15) is 0 Å². The Hall–Kier alpha value is -1.04. The van der Waals surface area contributed by atoms with Gasteiger partial charge in [-0.15, -0.1) is 0 Å². The molecule has 0 aliphatic rings. The van der Waals surface area contributed by atoms with Crippen molar-refractivity contribution in [1.29, 1.82) is 0 Å². The van der Waals surface area contributed by atoms with Gasteiger partial charge in [0.15, 0.2) is 0 Å². The highest BCUT2D eigenvalue weighted by Gasteiger charge is 2.08. The second kappa shape index (κ2) is 7.11. The molecule has 106 valence electrons. The first-order valence-electron chi connectivity index (χ1n) is 6.08. The Morgan fingerprint density at radius 1 is 1.10 bits per heavy atom. The quantitative estimate of drug-likeness (QED) is 0.815. The van der Waals surface area contributed by atoms with Crippen molar-refractivity contribution in [3.8, 4) is 11.5 Å². The molecule has 3 nitrogen and oxygen atoms in total. The summed E-state index contributed by atoms with van der Waals surface area (Å²) in [5, 5.41) is 0. The molecule has 2 aromatic rings. The van der Waals surface area contributed by atoms with Gasteiger partial charge in [0, 0.05) is 12.1 Å². The van der Waals surface area contributed by atoms with Crippen LogP contribution in [0.5, 0.6) is 11.5 Å². The van der Waals surface area contributed by atoms with Crippen LogP contribution in [0.25, 0.3) is 0 Å². The molecule has 0 aliphatic heterocycles. The summed E-state index contributed by atoms with van der Waals surface area (Å²) in [6, 6.07) is 11.7. The normalized spacial score (nSPS) is 10.4. The first kappa shape index (κ1) is 15.4. The third kappa shape index (κ3) is 3.53. The van der Waals surface area contributed by atoms with E-state index in [0.29, 0.717) is 13.2 Å². The highest BCUT2D eigenvalue weighted by atomic mass is 79.9. The fraction of sp³-hybridized carbons (Fsp3) is 0.200. The Labute approximate surface area is 135 Å². The van der Waals surface area contributed by atoms with Crippen LogP contribution in [0.2, 0.25) is 0 Å². The lowest BCUT2D eigenvalue weighted by Gasteiger charge is -2.13. The van der Waals surface area contributed by atoms with E-state index in [9.17, 15) is 0 Å². The van der Waals surface area contributed by atoms with E-state index in [1.165, 1.54) is 0 Å². The van der Waals surface area contributed by atoms with Gasteiger partial charge in [0.25, 0.3) is 0 Å². The van der Waals surface area contributed by atoms with Gasteiger partial charge in [0.1, 0.15) is 18.1 Å². The average Bonchev–Trinajstić information content (AvgIpc) is 2.46. The van der Waals surface area contributed by atoms with E-state index in [4.69, 9.17) is 15.2 Å².